The SMILES string of the molecule is C[C@H](NC(=O)OCc1ccccc1)C(=O)N1CCC[C@H]1C(=O)O.Nc1ccc([N+](=O)[O-])cc1. The normalized spacial score (nSPS) is 15.5. The molecule has 11 nitrogen and oxygen atoms in total. The largest absolute Gasteiger partial charge is 0.480 e. The number of amides is 2. The standard InChI is InChI=1S/C16H20N2O5.C6H6N2O2/c1-11(14(19)18-9-5-8-13(18)15(20)21)17-16(22)23-10-12-6-3-2-4-7-12;7-5-1-3-6(4-2-5)8(9)10/h2-4,6-7,11,13H,5,8-10H2,1H3,(H,17,22)(H,20,21);1-4H,7H2/t11-,13-;/m0./s1. The van der Waals surface area contributed by atoms with Gasteiger partial charge in [0.1, 0.15) is 18.7 Å². The first-order chi connectivity index (χ1) is 15.7. The van der Waals surface area contributed by atoms with Crippen molar-refractivity contribution < 1.29 is 29.2 Å². The van der Waals surface area contributed by atoms with Crippen molar-refractivity contribution in [2.75, 3.05) is 12.3 Å². The molecule has 0 aliphatic carbocycles. The van der Waals surface area contributed by atoms with Crippen LogP contribution in [-0.2, 0) is 20.9 Å². The zero-order valence-corrected chi connectivity index (χ0v) is 18.0. The Labute approximate surface area is 190 Å². The number of nitro benzene ring substituents is 1. The summed E-state index contributed by atoms with van der Waals surface area (Å²) in [6.45, 7) is 2.01. The van der Waals surface area contributed by atoms with E-state index in [-0.39, 0.29) is 12.3 Å². The number of nitrogens with two attached hydrogens (primary N) is 1. The number of nitro groups is 1. The number of aliphatic carboxylic acids is 1. The highest BCUT2D eigenvalue weighted by atomic mass is 16.6. The van der Waals surface area contributed by atoms with Crippen molar-refractivity contribution in [3.8, 4) is 0 Å². The lowest BCUT2D eigenvalue weighted by Gasteiger charge is -2.25. The van der Waals surface area contributed by atoms with Gasteiger partial charge in [0.05, 0.1) is 4.92 Å². The fraction of sp³-hybridized carbons (Fsp3) is 0.318. The van der Waals surface area contributed by atoms with E-state index in [4.69, 9.17) is 15.6 Å². The van der Waals surface area contributed by atoms with Gasteiger partial charge in [-0.15, -0.1) is 0 Å². The highest BCUT2D eigenvalue weighted by Gasteiger charge is 2.36. The molecule has 2 aromatic carbocycles. The maximum Gasteiger partial charge on any atom is 0.408 e. The average Bonchev–Trinajstić information content (AvgIpc) is 3.29. The van der Waals surface area contributed by atoms with Crippen LogP contribution in [0, 0.1) is 10.1 Å². The second-order valence-corrected chi connectivity index (χ2v) is 7.30. The molecule has 0 spiro atoms. The predicted octanol–water partition coefficient (Wildman–Crippen LogP) is 2.55. The Morgan fingerprint density at radius 2 is 1.85 bits per heavy atom. The molecule has 0 aromatic heterocycles. The number of nitrogens with one attached hydrogen (secondary N) is 1. The molecule has 2 atom stereocenters. The number of alkyl carbamates (subject to hydrolysis) is 1. The lowest BCUT2D eigenvalue weighted by atomic mass is 10.2. The van der Waals surface area contributed by atoms with Gasteiger partial charge in [0.25, 0.3) is 5.69 Å². The van der Waals surface area contributed by atoms with Crippen molar-refractivity contribution >= 4 is 29.3 Å². The summed E-state index contributed by atoms with van der Waals surface area (Å²) in [7, 11) is 0. The molecule has 1 aliphatic rings. The van der Waals surface area contributed by atoms with Gasteiger partial charge < -0.3 is 25.8 Å². The number of benzene rings is 2. The van der Waals surface area contributed by atoms with E-state index in [1.165, 1.54) is 36.1 Å². The highest BCUT2D eigenvalue weighted by Crippen LogP contribution is 2.18. The molecule has 1 heterocycles. The van der Waals surface area contributed by atoms with Crippen LogP contribution in [-0.4, -0.2) is 51.5 Å². The number of rotatable bonds is 6. The number of nitrogens with zero attached hydrogens (tertiary/aromatic N) is 2. The van der Waals surface area contributed by atoms with E-state index in [0.717, 1.165) is 5.56 Å². The number of hydrogen-bond donors (Lipinski definition) is 3. The third-order valence-electron chi connectivity index (χ3n) is 4.84. The third-order valence-corrected chi connectivity index (χ3v) is 4.84. The molecule has 11 heteroatoms. The summed E-state index contributed by atoms with van der Waals surface area (Å²) in [4.78, 5) is 46.0. The van der Waals surface area contributed by atoms with E-state index in [2.05, 4.69) is 5.32 Å². The minimum Gasteiger partial charge on any atom is -0.480 e. The average molecular weight is 458 g/mol. The second kappa shape index (κ2) is 12.0. The number of carbonyl (C=O) groups excluding carboxylic acids is 2. The molecule has 1 saturated heterocycles. The van der Waals surface area contributed by atoms with Crippen molar-refractivity contribution in [3.63, 3.8) is 0 Å². The number of hydrogen-bond acceptors (Lipinski definition) is 7. The number of non-ortho nitro benzene ring substituents is 1. The number of likely N-dealkylation sites (tertiary alicyclic amines) is 1. The molecule has 0 saturated carbocycles. The molecular formula is C22H26N4O7. The van der Waals surface area contributed by atoms with E-state index in [9.17, 15) is 24.5 Å². The van der Waals surface area contributed by atoms with Crippen LogP contribution in [0.15, 0.2) is 54.6 Å². The first kappa shape index (κ1) is 25.1. The van der Waals surface area contributed by atoms with Gasteiger partial charge in [0, 0.05) is 24.4 Å². The lowest BCUT2D eigenvalue weighted by Crippen LogP contribution is -2.50. The molecule has 0 unspecified atom stereocenters. The maximum absolute atomic E-state index is 12.3. The predicted molar refractivity (Wildman–Crippen MR) is 119 cm³/mol. The maximum atomic E-state index is 12.3. The minimum absolute atomic E-state index is 0.0641. The van der Waals surface area contributed by atoms with Crippen LogP contribution in [0.25, 0.3) is 0 Å². The van der Waals surface area contributed by atoms with Crippen LogP contribution in [0.2, 0.25) is 0 Å². The topological polar surface area (TPSA) is 165 Å². The molecule has 1 fully saturated rings. The van der Waals surface area contributed by atoms with Gasteiger partial charge in [0.15, 0.2) is 0 Å². The fourth-order valence-corrected chi connectivity index (χ4v) is 3.14. The van der Waals surface area contributed by atoms with Gasteiger partial charge >= 0.3 is 12.1 Å². The van der Waals surface area contributed by atoms with E-state index < -0.39 is 35.0 Å². The van der Waals surface area contributed by atoms with E-state index in [1.807, 2.05) is 30.3 Å². The van der Waals surface area contributed by atoms with Crippen molar-refractivity contribution in [2.45, 2.75) is 38.5 Å². The van der Waals surface area contributed by atoms with Crippen molar-refractivity contribution in [2.24, 2.45) is 0 Å². The Bertz CT molecular complexity index is 966. The Balaban J connectivity index is 0.000000321. The molecule has 4 N–H and O–H groups in total. The van der Waals surface area contributed by atoms with Crippen molar-refractivity contribution in [3.05, 3.63) is 70.3 Å². The number of carboxylic acids is 1. The summed E-state index contributed by atoms with van der Waals surface area (Å²) >= 11 is 0. The lowest BCUT2D eigenvalue weighted by molar-refractivity contribution is -0.384. The number of ether oxygens (including phenoxy) is 1. The molecule has 0 radical (unpaired) electrons. The van der Waals surface area contributed by atoms with Gasteiger partial charge in [-0.05, 0) is 37.5 Å². The van der Waals surface area contributed by atoms with Gasteiger partial charge in [-0.25, -0.2) is 9.59 Å². The van der Waals surface area contributed by atoms with E-state index in [1.54, 1.807) is 0 Å². The zero-order valence-electron chi connectivity index (χ0n) is 18.0. The fourth-order valence-electron chi connectivity index (χ4n) is 3.14. The van der Waals surface area contributed by atoms with Crippen LogP contribution in [0.1, 0.15) is 25.3 Å². The van der Waals surface area contributed by atoms with Crippen LogP contribution in [0.4, 0.5) is 16.2 Å². The summed E-state index contributed by atoms with van der Waals surface area (Å²) in [6, 6.07) is 13.3. The molecule has 2 amide bonds. The van der Waals surface area contributed by atoms with Crippen LogP contribution >= 0.6 is 0 Å². The first-order valence-electron chi connectivity index (χ1n) is 10.2. The zero-order chi connectivity index (χ0) is 24.4. The van der Waals surface area contributed by atoms with Crippen LogP contribution in [0.5, 0.6) is 0 Å². The number of carbonyl (C=O) groups is 3. The van der Waals surface area contributed by atoms with Crippen LogP contribution in [0.3, 0.4) is 0 Å². The Morgan fingerprint density at radius 1 is 1.21 bits per heavy atom. The first-order valence-corrected chi connectivity index (χ1v) is 10.2. The second-order valence-electron chi connectivity index (χ2n) is 7.30. The third kappa shape index (κ3) is 7.80. The van der Waals surface area contributed by atoms with Crippen molar-refractivity contribution in [1.82, 2.24) is 10.2 Å². The quantitative estimate of drug-likeness (QED) is 0.337. The van der Waals surface area contributed by atoms with Gasteiger partial charge in [0.2, 0.25) is 5.91 Å². The van der Waals surface area contributed by atoms with Gasteiger partial charge in [-0.3, -0.25) is 14.9 Å². The van der Waals surface area contributed by atoms with Gasteiger partial charge in [-0.1, -0.05) is 30.3 Å². The smallest absolute Gasteiger partial charge is 0.408 e. The molecule has 1 aliphatic heterocycles. The Kier molecular flexibility index (Phi) is 9.16. The highest BCUT2D eigenvalue weighted by molar-refractivity contribution is 5.89. The van der Waals surface area contributed by atoms with Gasteiger partial charge in [-0.2, -0.15) is 0 Å². The summed E-state index contributed by atoms with van der Waals surface area (Å²) in [6.07, 6.45) is 0.376. The molecule has 0 bridgehead atoms. The number of nitrogen functional groups attached to an aromatic ring is 1. The Morgan fingerprint density at radius 3 is 2.42 bits per heavy atom. The summed E-state index contributed by atoms with van der Waals surface area (Å²) in [5.74, 6) is -1.43. The summed E-state index contributed by atoms with van der Waals surface area (Å²) in [5.41, 5.74) is 6.74. The van der Waals surface area contributed by atoms with Crippen molar-refractivity contribution in [1.29, 1.82) is 0 Å². The minimum atomic E-state index is -1.02. The summed E-state index contributed by atoms with van der Waals surface area (Å²) < 4.78 is 5.05. The van der Waals surface area contributed by atoms with Crippen LogP contribution < -0.4 is 11.1 Å². The molecule has 3 rings (SSSR count). The molecular weight excluding hydrogens is 432 g/mol. The van der Waals surface area contributed by atoms with E-state index >= 15 is 0 Å². The van der Waals surface area contributed by atoms with E-state index in [0.29, 0.717) is 25.1 Å². The number of carboxylic acid groups (broad SMARTS) is 1. The summed E-state index contributed by atoms with van der Waals surface area (Å²) in [5, 5.41) is 21.6. The Hall–Kier alpha value is -4.15. The monoisotopic (exact) mass is 458 g/mol. The number of anilines is 1. The molecule has 33 heavy (non-hydrogen) atoms. The molecule has 2 aromatic rings. The molecule has 176 valence electrons.